The largest absolute Gasteiger partial charge is 0.452 e. The van der Waals surface area contributed by atoms with Gasteiger partial charge in [-0.25, -0.2) is 9.78 Å². The Bertz CT molecular complexity index is 1380. The Morgan fingerprint density at radius 2 is 1.88 bits per heavy atom. The van der Waals surface area contributed by atoms with Crippen molar-refractivity contribution in [3.8, 4) is 5.69 Å². The monoisotopic (exact) mass is 464 g/mol. The first kappa shape index (κ1) is 22.0. The van der Waals surface area contributed by atoms with E-state index in [1.807, 2.05) is 41.8 Å². The van der Waals surface area contributed by atoms with Gasteiger partial charge in [-0.2, -0.15) is 0 Å². The van der Waals surface area contributed by atoms with Gasteiger partial charge in [0, 0.05) is 17.8 Å². The Kier molecular flexibility index (Phi) is 6.05. The van der Waals surface area contributed by atoms with Crippen LogP contribution in [0.15, 0.2) is 66.7 Å². The van der Waals surface area contributed by atoms with Gasteiger partial charge < -0.3 is 10.1 Å². The number of fused-ring (bicyclic) bond motifs is 1. The highest BCUT2D eigenvalue weighted by molar-refractivity contribution is 6.33. The number of nitrogens with one attached hydrogen (secondary N) is 1. The number of imidazole rings is 1. The van der Waals surface area contributed by atoms with Gasteiger partial charge >= 0.3 is 5.97 Å². The molecule has 0 saturated heterocycles. The number of para-hydroxylation sites is 1. The lowest BCUT2D eigenvalue weighted by atomic mass is 10.2. The maximum atomic E-state index is 12.5. The highest BCUT2D eigenvalue weighted by Crippen LogP contribution is 2.27. The van der Waals surface area contributed by atoms with Crippen LogP contribution in [0.25, 0.3) is 16.7 Å². The zero-order valence-electron chi connectivity index (χ0n) is 17.3. The van der Waals surface area contributed by atoms with Crippen LogP contribution in [0, 0.1) is 17.0 Å². The number of hydrogen-bond acceptors (Lipinski definition) is 6. The Morgan fingerprint density at radius 1 is 1.12 bits per heavy atom. The zero-order chi connectivity index (χ0) is 23.5. The van der Waals surface area contributed by atoms with Crippen molar-refractivity contribution in [1.29, 1.82) is 0 Å². The van der Waals surface area contributed by atoms with E-state index in [-0.39, 0.29) is 22.0 Å². The predicted octanol–water partition coefficient (Wildman–Crippen LogP) is 4.69. The molecule has 1 amide bonds. The molecule has 0 spiro atoms. The first-order valence-corrected chi connectivity index (χ1v) is 10.2. The van der Waals surface area contributed by atoms with Crippen molar-refractivity contribution < 1.29 is 19.2 Å². The van der Waals surface area contributed by atoms with Gasteiger partial charge in [0.15, 0.2) is 6.61 Å². The third-order valence-electron chi connectivity index (χ3n) is 4.84. The summed E-state index contributed by atoms with van der Waals surface area (Å²) in [5.74, 6) is -0.630. The first-order valence-electron chi connectivity index (χ1n) is 9.79. The summed E-state index contributed by atoms with van der Waals surface area (Å²) >= 11 is 5.96. The van der Waals surface area contributed by atoms with Crippen molar-refractivity contribution in [3.05, 3.63) is 93.3 Å². The summed E-state index contributed by atoms with van der Waals surface area (Å²) in [4.78, 5) is 39.4. The normalized spacial score (nSPS) is 10.7. The molecular weight excluding hydrogens is 448 g/mol. The number of nitrogens with zero attached hydrogens (tertiary/aromatic N) is 3. The molecule has 0 atom stereocenters. The quantitative estimate of drug-likeness (QED) is 0.251. The predicted molar refractivity (Wildman–Crippen MR) is 123 cm³/mol. The molecular formula is C23H17ClN4O5. The summed E-state index contributed by atoms with van der Waals surface area (Å²) in [5.41, 5.74) is 2.44. The molecule has 0 aliphatic rings. The number of esters is 1. The van der Waals surface area contributed by atoms with Gasteiger partial charge in [0.25, 0.3) is 11.6 Å². The average Bonchev–Trinajstić information content (AvgIpc) is 3.14. The molecule has 4 aromatic rings. The fourth-order valence-corrected chi connectivity index (χ4v) is 3.52. The lowest BCUT2D eigenvalue weighted by Crippen LogP contribution is -2.21. The number of carbonyl (C=O) groups is 2. The molecule has 0 aliphatic carbocycles. The van der Waals surface area contributed by atoms with Gasteiger partial charge in [0.2, 0.25) is 0 Å². The van der Waals surface area contributed by atoms with E-state index < -0.39 is 23.4 Å². The molecule has 4 rings (SSSR count). The number of carbonyl (C=O) groups excluding carboxylic acids is 2. The number of amides is 1. The summed E-state index contributed by atoms with van der Waals surface area (Å²) < 4.78 is 7.06. The van der Waals surface area contributed by atoms with Gasteiger partial charge in [-0.05, 0) is 43.3 Å². The van der Waals surface area contributed by atoms with Crippen molar-refractivity contribution in [2.24, 2.45) is 0 Å². The van der Waals surface area contributed by atoms with Crippen LogP contribution in [0.4, 0.5) is 11.4 Å². The van der Waals surface area contributed by atoms with Crippen LogP contribution >= 0.6 is 11.6 Å². The van der Waals surface area contributed by atoms with E-state index in [1.165, 1.54) is 12.1 Å². The molecule has 10 heteroatoms. The highest BCUT2D eigenvalue weighted by atomic mass is 35.5. The SMILES string of the molecule is Cc1nc2cc(C(=O)OCC(=O)Nc3cc([N+](=O)[O-])ccc3Cl)ccc2n1-c1ccccc1. The number of rotatable bonds is 6. The molecule has 33 heavy (non-hydrogen) atoms. The van der Waals surface area contributed by atoms with Gasteiger partial charge in [0.05, 0.1) is 32.2 Å². The van der Waals surface area contributed by atoms with Gasteiger partial charge in [0.1, 0.15) is 5.82 Å². The second kappa shape index (κ2) is 9.09. The van der Waals surface area contributed by atoms with Crippen LogP contribution in [0.3, 0.4) is 0 Å². The summed E-state index contributed by atoms with van der Waals surface area (Å²) in [5, 5.41) is 13.4. The van der Waals surface area contributed by atoms with Gasteiger partial charge in [-0.1, -0.05) is 29.8 Å². The standard InChI is InChI=1S/C23H17ClN4O5/c1-14-25-20-11-15(7-10-21(20)27(14)16-5-3-2-4-6-16)23(30)33-13-22(29)26-19-12-17(28(31)32)8-9-18(19)24/h2-12H,13H2,1H3,(H,26,29). The maximum Gasteiger partial charge on any atom is 0.338 e. The minimum atomic E-state index is -0.705. The number of benzene rings is 3. The number of ether oxygens (including phenoxy) is 1. The molecule has 166 valence electrons. The van der Waals surface area contributed by atoms with Gasteiger partial charge in [-0.3, -0.25) is 19.5 Å². The maximum absolute atomic E-state index is 12.5. The Hall–Kier alpha value is -4.24. The molecule has 0 bridgehead atoms. The van der Waals surface area contributed by atoms with Crippen LogP contribution in [-0.4, -0.2) is 33.0 Å². The van der Waals surface area contributed by atoms with E-state index in [0.29, 0.717) is 5.52 Å². The topological polar surface area (TPSA) is 116 Å². The van der Waals surface area contributed by atoms with Crippen LogP contribution in [0.1, 0.15) is 16.2 Å². The number of nitro benzene ring substituents is 1. The number of halogens is 1. The molecule has 1 heterocycles. The zero-order valence-corrected chi connectivity index (χ0v) is 18.1. The molecule has 1 aromatic heterocycles. The average molecular weight is 465 g/mol. The third-order valence-corrected chi connectivity index (χ3v) is 5.17. The van der Waals surface area contributed by atoms with E-state index in [4.69, 9.17) is 16.3 Å². The molecule has 0 fully saturated rings. The van der Waals surface area contributed by atoms with Crippen LogP contribution in [0.5, 0.6) is 0 Å². The van der Waals surface area contributed by atoms with Crippen molar-refractivity contribution in [3.63, 3.8) is 0 Å². The number of nitro groups is 1. The smallest absolute Gasteiger partial charge is 0.338 e. The first-order chi connectivity index (χ1) is 15.8. The Balaban J connectivity index is 1.46. The number of anilines is 1. The van der Waals surface area contributed by atoms with Crippen molar-refractivity contribution in [2.45, 2.75) is 6.92 Å². The second-order valence-electron chi connectivity index (χ2n) is 7.08. The molecule has 0 saturated carbocycles. The fourth-order valence-electron chi connectivity index (χ4n) is 3.35. The molecule has 0 aliphatic heterocycles. The lowest BCUT2D eigenvalue weighted by Gasteiger charge is -2.09. The van der Waals surface area contributed by atoms with Crippen molar-refractivity contribution >= 4 is 45.9 Å². The third kappa shape index (κ3) is 4.68. The van der Waals surface area contributed by atoms with E-state index in [9.17, 15) is 19.7 Å². The van der Waals surface area contributed by atoms with Gasteiger partial charge in [-0.15, -0.1) is 0 Å². The van der Waals surface area contributed by atoms with E-state index in [0.717, 1.165) is 23.1 Å². The van der Waals surface area contributed by atoms with Crippen molar-refractivity contribution in [1.82, 2.24) is 9.55 Å². The van der Waals surface area contributed by atoms with Crippen molar-refractivity contribution in [2.75, 3.05) is 11.9 Å². The number of non-ortho nitro benzene ring substituents is 1. The molecule has 3 aromatic carbocycles. The molecule has 0 radical (unpaired) electrons. The highest BCUT2D eigenvalue weighted by Gasteiger charge is 2.16. The Morgan fingerprint density at radius 3 is 2.61 bits per heavy atom. The number of aromatic nitrogens is 2. The van der Waals surface area contributed by atoms with E-state index >= 15 is 0 Å². The van der Waals surface area contributed by atoms with Crippen LogP contribution in [0.2, 0.25) is 5.02 Å². The summed E-state index contributed by atoms with van der Waals surface area (Å²) in [6.07, 6.45) is 0. The summed E-state index contributed by atoms with van der Waals surface area (Å²) in [6.45, 7) is 1.28. The second-order valence-corrected chi connectivity index (χ2v) is 7.49. The Labute approximate surface area is 192 Å². The summed E-state index contributed by atoms with van der Waals surface area (Å²) in [7, 11) is 0. The number of hydrogen-bond donors (Lipinski definition) is 1. The molecule has 9 nitrogen and oxygen atoms in total. The van der Waals surface area contributed by atoms with Crippen LogP contribution in [-0.2, 0) is 9.53 Å². The molecule has 0 unspecified atom stereocenters. The van der Waals surface area contributed by atoms with E-state index in [2.05, 4.69) is 10.3 Å². The lowest BCUT2D eigenvalue weighted by molar-refractivity contribution is -0.384. The fraction of sp³-hybridized carbons (Fsp3) is 0.0870. The summed E-state index contributed by atoms with van der Waals surface area (Å²) in [6, 6.07) is 18.3. The van der Waals surface area contributed by atoms with E-state index in [1.54, 1.807) is 18.2 Å². The van der Waals surface area contributed by atoms with Crippen LogP contribution < -0.4 is 5.32 Å². The number of aryl methyl sites for hydroxylation is 1. The minimum Gasteiger partial charge on any atom is -0.452 e. The minimum absolute atomic E-state index is 0.0512. The molecule has 1 N–H and O–H groups in total.